The number of benzene rings is 2. The zero-order valence-electron chi connectivity index (χ0n) is 13.7. The number of para-hydroxylation sites is 1. The summed E-state index contributed by atoms with van der Waals surface area (Å²) in [7, 11) is -1.68. The predicted octanol–water partition coefficient (Wildman–Crippen LogP) is 2.59. The van der Waals surface area contributed by atoms with Gasteiger partial charge < -0.3 is 4.90 Å². The second-order valence-corrected chi connectivity index (χ2v) is 7.96. The Balaban J connectivity index is 2.04. The number of nitriles is 1. The Bertz CT molecular complexity index is 902. The zero-order valence-corrected chi connectivity index (χ0v) is 14.5. The average molecular weight is 341 g/mol. The molecule has 0 spiro atoms. The molecule has 0 aliphatic carbocycles. The Morgan fingerprint density at radius 3 is 2.67 bits per heavy atom. The van der Waals surface area contributed by atoms with Crippen molar-refractivity contribution in [1.29, 1.82) is 5.26 Å². The maximum atomic E-state index is 13.1. The lowest BCUT2D eigenvalue weighted by Crippen LogP contribution is -2.40. The minimum Gasteiger partial charge on any atom is -0.370 e. The molecular weight excluding hydrogens is 322 g/mol. The van der Waals surface area contributed by atoms with Crippen molar-refractivity contribution >= 4 is 15.7 Å². The lowest BCUT2D eigenvalue weighted by Gasteiger charge is -2.27. The van der Waals surface area contributed by atoms with Crippen LogP contribution in [-0.2, 0) is 16.6 Å². The third kappa shape index (κ3) is 2.88. The van der Waals surface area contributed by atoms with Crippen LogP contribution in [0.2, 0.25) is 0 Å². The molecule has 5 nitrogen and oxygen atoms in total. The van der Waals surface area contributed by atoms with Gasteiger partial charge >= 0.3 is 0 Å². The van der Waals surface area contributed by atoms with Crippen LogP contribution in [0, 0.1) is 11.3 Å². The first kappa shape index (κ1) is 16.5. The molecule has 0 amide bonds. The van der Waals surface area contributed by atoms with Crippen LogP contribution in [0.4, 0.5) is 5.69 Å². The highest BCUT2D eigenvalue weighted by Gasteiger charge is 2.31. The fourth-order valence-electron chi connectivity index (χ4n) is 2.96. The van der Waals surface area contributed by atoms with Gasteiger partial charge in [0, 0.05) is 31.9 Å². The number of likely N-dealkylation sites (N-methyl/N-ethyl adjacent to an activating group) is 1. The van der Waals surface area contributed by atoms with Gasteiger partial charge in [0.1, 0.15) is 0 Å². The van der Waals surface area contributed by atoms with Crippen LogP contribution in [0.3, 0.4) is 0 Å². The average Bonchev–Trinajstić information content (AvgIpc) is 2.73. The molecule has 1 aliphatic heterocycles. The van der Waals surface area contributed by atoms with E-state index in [4.69, 9.17) is 5.26 Å². The van der Waals surface area contributed by atoms with Gasteiger partial charge in [-0.25, -0.2) is 8.42 Å². The first-order chi connectivity index (χ1) is 11.4. The summed E-state index contributed by atoms with van der Waals surface area (Å²) >= 11 is 0. The van der Waals surface area contributed by atoms with E-state index in [9.17, 15) is 8.42 Å². The van der Waals surface area contributed by atoms with Gasteiger partial charge in [0.25, 0.3) is 0 Å². The Morgan fingerprint density at radius 2 is 1.92 bits per heavy atom. The third-order valence-electron chi connectivity index (χ3n) is 4.45. The van der Waals surface area contributed by atoms with E-state index in [0.29, 0.717) is 18.7 Å². The highest BCUT2D eigenvalue weighted by Crippen LogP contribution is 2.29. The van der Waals surface area contributed by atoms with E-state index in [1.807, 2.05) is 44.3 Å². The lowest BCUT2D eigenvalue weighted by molar-refractivity contribution is 0.392. The van der Waals surface area contributed by atoms with Crippen molar-refractivity contribution in [3.05, 3.63) is 59.7 Å². The Morgan fingerprint density at radius 1 is 1.17 bits per heavy atom. The fourth-order valence-corrected chi connectivity index (χ4v) is 4.50. The van der Waals surface area contributed by atoms with Crippen LogP contribution in [-0.4, -0.2) is 32.4 Å². The standard InChI is InChI=1S/C18H19N3O2S/c1-14-12-21(13-16-7-3-4-9-18(16)20(14)2)24(22,23)17-8-5-6-15(10-17)11-19/h3-10,14H,12-13H2,1-2H3. The van der Waals surface area contributed by atoms with E-state index in [0.717, 1.165) is 11.3 Å². The maximum absolute atomic E-state index is 13.1. The molecule has 1 unspecified atom stereocenters. The van der Waals surface area contributed by atoms with E-state index in [1.54, 1.807) is 18.2 Å². The normalized spacial score (nSPS) is 18.5. The third-order valence-corrected chi connectivity index (χ3v) is 6.26. The Hall–Kier alpha value is -2.36. The van der Waals surface area contributed by atoms with E-state index in [-0.39, 0.29) is 10.9 Å². The number of hydrogen-bond donors (Lipinski definition) is 0. The summed E-state index contributed by atoms with van der Waals surface area (Å²) in [5.74, 6) is 0. The summed E-state index contributed by atoms with van der Waals surface area (Å²) < 4.78 is 27.6. The topological polar surface area (TPSA) is 64.4 Å². The molecule has 0 fully saturated rings. The fraction of sp³-hybridized carbons (Fsp3) is 0.278. The summed E-state index contributed by atoms with van der Waals surface area (Å²) in [6.07, 6.45) is 0. The highest BCUT2D eigenvalue weighted by atomic mass is 32.2. The lowest BCUT2D eigenvalue weighted by atomic mass is 10.1. The number of anilines is 1. The molecule has 1 atom stereocenters. The Labute approximate surface area is 142 Å². The van der Waals surface area contributed by atoms with Crippen molar-refractivity contribution in [2.24, 2.45) is 0 Å². The van der Waals surface area contributed by atoms with Crippen molar-refractivity contribution < 1.29 is 8.42 Å². The van der Waals surface area contributed by atoms with Crippen molar-refractivity contribution in [1.82, 2.24) is 4.31 Å². The second-order valence-electron chi connectivity index (χ2n) is 6.03. The van der Waals surface area contributed by atoms with Gasteiger partial charge in [0.2, 0.25) is 10.0 Å². The van der Waals surface area contributed by atoms with E-state index >= 15 is 0 Å². The molecular formula is C18H19N3O2S. The molecule has 0 N–H and O–H groups in total. The van der Waals surface area contributed by atoms with Gasteiger partial charge in [0.05, 0.1) is 16.5 Å². The van der Waals surface area contributed by atoms with Crippen LogP contribution in [0.15, 0.2) is 53.4 Å². The summed E-state index contributed by atoms with van der Waals surface area (Å²) in [6.45, 7) is 2.73. The van der Waals surface area contributed by atoms with Gasteiger partial charge in [-0.15, -0.1) is 0 Å². The monoisotopic (exact) mass is 341 g/mol. The molecule has 1 heterocycles. The van der Waals surface area contributed by atoms with Crippen molar-refractivity contribution in [3.8, 4) is 6.07 Å². The van der Waals surface area contributed by atoms with E-state index in [2.05, 4.69) is 4.90 Å². The summed E-state index contributed by atoms with van der Waals surface area (Å²) in [6, 6.07) is 16.1. The van der Waals surface area contributed by atoms with Crippen LogP contribution < -0.4 is 4.90 Å². The van der Waals surface area contributed by atoms with Crippen LogP contribution in [0.5, 0.6) is 0 Å². The molecule has 124 valence electrons. The smallest absolute Gasteiger partial charge is 0.243 e. The molecule has 0 aromatic heterocycles. The SMILES string of the molecule is CC1CN(S(=O)(=O)c2cccc(C#N)c2)Cc2ccccc2N1C. The van der Waals surface area contributed by atoms with Crippen molar-refractivity contribution in [2.45, 2.75) is 24.4 Å². The van der Waals surface area contributed by atoms with Crippen LogP contribution in [0.25, 0.3) is 0 Å². The minimum atomic E-state index is -3.66. The first-order valence-corrected chi connectivity index (χ1v) is 9.18. The quantitative estimate of drug-likeness (QED) is 0.842. The van der Waals surface area contributed by atoms with Gasteiger partial charge in [-0.2, -0.15) is 9.57 Å². The molecule has 24 heavy (non-hydrogen) atoms. The van der Waals surface area contributed by atoms with Gasteiger partial charge in [-0.1, -0.05) is 24.3 Å². The molecule has 6 heteroatoms. The summed E-state index contributed by atoms with van der Waals surface area (Å²) in [5.41, 5.74) is 2.37. The predicted molar refractivity (Wildman–Crippen MR) is 93.1 cm³/mol. The molecule has 2 aromatic carbocycles. The second kappa shape index (κ2) is 6.27. The highest BCUT2D eigenvalue weighted by molar-refractivity contribution is 7.89. The minimum absolute atomic E-state index is 0.0441. The number of hydrogen-bond acceptors (Lipinski definition) is 4. The maximum Gasteiger partial charge on any atom is 0.243 e. The van der Waals surface area contributed by atoms with Crippen molar-refractivity contribution in [3.63, 3.8) is 0 Å². The molecule has 0 bridgehead atoms. The largest absolute Gasteiger partial charge is 0.370 e. The molecule has 0 saturated heterocycles. The molecule has 0 radical (unpaired) electrons. The molecule has 3 rings (SSSR count). The zero-order chi connectivity index (χ0) is 17.3. The number of rotatable bonds is 2. The summed E-state index contributed by atoms with van der Waals surface area (Å²) in [4.78, 5) is 2.27. The van der Waals surface area contributed by atoms with Gasteiger partial charge in [-0.05, 0) is 36.8 Å². The Kier molecular flexibility index (Phi) is 4.31. The van der Waals surface area contributed by atoms with E-state index < -0.39 is 10.0 Å². The van der Waals surface area contributed by atoms with Gasteiger partial charge in [-0.3, -0.25) is 0 Å². The molecule has 0 saturated carbocycles. The van der Waals surface area contributed by atoms with Crippen LogP contribution in [0.1, 0.15) is 18.1 Å². The van der Waals surface area contributed by atoms with Crippen LogP contribution >= 0.6 is 0 Å². The number of nitrogens with zero attached hydrogens (tertiary/aromatic N) is 3. The molecule has 2 aromatic rings. The summed E-state index contributed by atoms with van der Waals surface area (Å²) in [5, 5.41) is 9.02. The van der Waals surface area contributed by atoms with Gasteiger partial charge in [0.15, 0.2) is 0 Å². The molecule has 1 aliphatic rings. The van der Waals surface area contributed by atoms with E-state index in [1.165, 1.54) is 10.4 Å². The first-order valence-electron chi connectivity index (χ1n) is 7.74. The number of fused-ring (bicyclic) bond motifs is 1. The van der Waals surface area contributed by atoms with Crippen molar-refractivity contribution in [2.75, 3.05) is 18.5 Å². The number of sulfonamides is 1.